The minimum absolute atomic E-state index is 0.00970. The highest BCUT2D eigenvalue weighted by Gasteiger charge is 2.31. The van der Waals surface area contributed by atoms with Crippen LogP contribution >= 0.6 is 0 Å². The first-order chi connectivity index (χ1) is 21.2. The molecule has 2 amide bonds. The van der Waals surface area contributed by atoms with E-state index in [-0.39, 0.29) is 36.9 Å². The number of aromatic nitrogens is 1. The number of carbonyl (C=O) groups is 3. The van der Waals surface area contributed by atoms with Crippen molar-refractivity contribution >= 4 is 34.6 Å². The number of hydrogen-bond donors (Lipinski definition) is 6. The molecular weight excluding hydrogens is 564 g/mol. The van der Waals surface area contributed by atoms with Gasteiger partial charge in [-0.15, -0.1) is 0 Å². The van der Waals surface area contributed by atoms with Crippen LogP contribution in [0.1, 0.15) is 34.5 Å². The molecule has 0 aliphatic heterocycles. The number of carbonyl (C=O) groups excluding carboxylic acids is 2. The highest BCUT2D eigenvalue weighted by Crippen LogP contribution is 2.25. The van der Waals surface area contributed by atoms with E-state index in [9.17, 15) is 19.5 Å². The summed E-state index contributed by atoms with van der Waals surface area (Å²) in [4.78, 5) is 47.0. The molecule has 44 heavy (non-hydrogen) atoms. The van der Waals surface area contributed by atoms with Gasteiger partial charge in [0.1, 0.15) is 29.8 Å². The number of fused-ring (bicyclic) bond motifs is 1. The van der Waals surface area contributed by atoms with Crippen LogP contribution in [-0.2, 0) is 22.6 Å². The van der Waals surface area contributed by atoms with Crippen molar-refractivity contribution in [1.82, 2.24) is 15.2 Å². The Labute approximate surface area is 254 Å². The molecule has 0 aliphatic carbocycles. The van der Waals surface area contributed by atoms with Gasteiger partial charge in [-0.3, -0.25) is 19.4 Å². The Morgan fingerprint density at radius 2 is 1.73 bits per heavy atom. The van der Waals surface area contributed by atoms with Gasteiger partial charge in [0.05, 0.1) is 6.61 Å². The summed E-state index contributed by atoms with van der Waals surface area (Å²) >= 11 is 0. The molecule has 1 atom stereocenters. The van der Waals surface area contributed by atoms with E-state index in [4.69, 9.17) is 21.3 Å². The number of amides is 2. The third kappa shape index (κ3) is 8.99. The zero-order chi connectivity index (χ0) is 31.5. The lowest BCUT2D eigenvalue weighted by molar-refractivity contribution is -0.138. The summed E-state index contributed by atoms with van der Waals surface area (Å²) in [5.41, 5.74) is 13.6. The van der Waals surface area contributed by atoms with Crippen LogP contribution < -0.4 is 21.5 Å². The number of rotatable bonds is 15. The first-order valence-corrected chi connectivity index (χ1v) is 14.1. The van der Waals surface area contributed by atoms with Gasteiger partial charge in [0.25, 0.3) is 5.91 Å². The monoisotopic (exact) mass is 600 g/mol. The van der Waals surface area contributed by atoms with Gasteiger partial charge in [-0.1, -0.05) is 42.5 Å². The van der Waals surface area contributed by atoms with Crippen LogP contribution in [0, 0.1) is 0 Å². The Kier molecular flexibility index (Phi) is 10.8. The minimum atomic E-state index is -1.22. The number of ether oxygens (including phenoxy) is 1. The molecule has 0 fully saturated rings. The largest absolute Gasteiger partial charge is 0.508 e. The van der Waals surface area contributed by atoms with E-state index in [1.165, 1.54) is 17.0 Å². The van der Waals surface area contributed by atoms with Crippen molar-refractivity contribution in [2.75, 3.05) is 19.7 Å². The van der Waals surface area contributed by atoms with Crippen molar-refractivity contribution in [1.29, 1.82) is 0 Å². The number of carboxylic acids is 1. The molecule has 0 saturated carbocycles. The summed E-state index contributed by atoms with van der Waals surface area (Å²) < 4.78 is 5.95. The number of carboxylic acid groups (broad SMARTS) is 1. The van der Waals surface area contributed by atoms with E-state index in [1.807, 2.05) is 48.5 Å². The number of aliphatic imine (C=N–C) groups is 1. The van der Waals surface area contributed by atoms with Crippen molar-refractivity contribution in [3.8, 4) is 11.5 Å². The van der Waals surface area contributed by atoms with Crippen LogP contribution in [0.2, 0.25) is 0 Å². The van der Waals surface area contributed by atoms with Crippen LogP contribution in [0.25, 0.3) is 10.9 Å². The van der Waals surface area contributed by atoms with Gasteiger partial charge >= 0.3 is 5.97 Å². The molecule has 12 heteroatoms. The lowest BCUT2D eigenvalue weighted by Gasteiger charge is -2.31. The number of H-pyrrole nitrogens is 1. The SMILES string of the molecule is NC(N)=NCCC[C@H](C(=O)NCC(=O)O)N(Cc1ccc(O)cc1)C(=O)c1cc2cc(OCCc3ccccc3)ccc2[nH]1. The molecule has 0 unspecified atom stereocenters. The molecular formula is C32H36N6O6. The van der Waals surface area contributed by atoms with E-state index in [1.54, 1.807) is 18.2 Å². The molecule has 0 radical (unpaired) electrons. The maximum absolute atomic E-state index is 14.1. The van der Waals surface area contributed by atoms with Crippen molar-refractivity contribution in [3.63, 3.8) is 0 Å². The first-order valence-electron chi connectivity index (χ1n) is 14.1. The first kappa shape index (κ1) is 31.4. The van der Waals surface area contributed by atoms with Gasteiger partial charge in [0, 0.05) is 30.4 Å². The van der Waals surface area contributed by atoms with Gasteiger partial charge in [0.2, 0.25) is 5.91 Å². The van der Waals surface area contributed by atoms with Crippen molar-refractivity contribution < 1.29 is 29.3 Å². The summed E-state index contributed by atoms with van der Waals surface area (Å²) in [6.07, 6.45) is 1.25. The molecule has 1 aromatic heterocycles. The maximum atomic E-state index is 14.1. The fraction of sp³-hybridized carbons (Fsp3) is 0.250. The quantitative estimate of drug-likeness (QED) is 0.0680. The highest BCUT2D eigenvalue weighted by molar-refractivity contribution is 6.00. The summed E-state index contributed by atoms with van der Waals surface area (Å²) in [6, 6.07) is 22.4. The summed E-state index contributed by atoms with van der Waals surface area (Å²) in [5.74, 6) is -1.72. The third-order valence-electron chi connectivity index (χ3n) is 6.90. The number of nitrogens with zero attached hydrogens (tertiary/aromatic N) is 2. The number of benzene rings is 3. The van der Waals surface area contributed by atoms with Crippen LogP contribution in [0.3, 0.4) is 0 Å². The van der Waals surface area contributed by atoms with Crippen molar-refractivity contribution in [2.45, 2.75) is 31.8 Å². The Hall–Kier alpha value is -5.52. The molecule has 3 aromatic carbocycles. The Morgan fingerprint density at radius 1 is 0.977 bits per heavy atom. The van der Waals surface area contributed by atoms with Crippen LogP contribution in [-0.4, -0.2) is 69.6 Å². The molecule has 1 heterocycles. The fourth-order valence-electron chi connectivity index (χ4n) is 4.73. The number of nitrogens with two attached hydrogens (primary N) is 2. The Balaban J connectivity index is 1.59. The van der Waals surface area contributed by atoms with Crippen LogP contribution in [0.5, 0.6) is 11.5 Å². The molecule has 0 spiro atoms. The van der Waals surface area contributed by atoms with Crippen molar-refractivity contribution in [2.24, 2.45) is 16.5 Å². The number of aliphatic carboxylic acids is 1. The lowest BCUT2D eigenvalue weighted by atomic mass is 10.1. The fourth-order valence-corrected chi connectivity index (χ4v) is 4.73. The van der Waals surface area contributed by atoms with Crippen LogP contribution in [0.4, 0.5) is 0 Å². The second-order valence-corrected chi connectivity index (χ2v) is 10.2. The summed E-state index contributed by atoms with van der Waals surface area (Å²) in [5, 5.41) is 22.0. The summed E-state index contributed by atoms with van der Waals surface area (Å²) in [6.45, 7) is 0.102. The standard InChI is InChI=1S/C32H36N6O6/c33-32(34)35-15-4-7-28(30(42)36-19-29(40)41)38(20-22-8-10-24(39)11-9-22)31(43)27-18-23-17-25(12-13-26(23)37-27)44-16-14-21-5-2-1-3-6-21/h1-3,5-6,8-13,17-18,28,37,39H,4,7,14-16,19-20H2,(H,36,42)(H,40,41)(H4,33,34,35)/t28-/m1/s1. The van der Waals surface area contributed by atoms with Gasteiger partial charge in [-0.25, -0.2) is 0 Å². The number of aromatic amines is 1. The van der Waals surface area contributed by atoms with Crippen molar-refractivity contribution in [3.05, 3.63) is 95.7 Å². The number of phenols is 1. The third-order valence-corrected chi connectivity index (χ3v) is 6.90. The number of nitrogens with one attached hydrogen (secondary N) is 2. The molecule has 0 aliphatic rings. The Bertz CT molecular complexity index is 1600. The average Bonchev–Trinajstić information content (AvgIpc) is 3.44. The average molecular weight is 601 g/mol. The molecule has 8 N–H and O–H groups in total. The second-order valence-electron chi connectivity index (χ2n) is 10.2. The lowest BCUT2D eigenvalue weighted by Crippen LogP contribution is -2.50. The van der Waals surface area contributed by atoms with Crippen LogP contribution in [0.15, 0.2) is 83.9 Å². The normalized spacial score (nSPS) is 11.5. The van der Waals surface area contributed by atoms with E-state index < -0.39 is 30.4 Å². The smallest absolute Gasteiger partial charge is 0.322 e. The molecule has 0 saturated heterocycles. The molecule has 12 nitrogen and oxygen atoms in total. The predicted octanol–water partition coefficient (Wildman–Crippen LogP) is 2.76. The van der Waals surface area contributed by atoms with E-state index in [2.05, 4.69) is 15.3 Å². The molecule has 4 rings (SSSR count). The number of phenolic OH excluding ortho intramolecular Hbond substituents is 1. The molecule has 0 bridgehead atoms. The topological polar surface area (TPSA) is 196 Å². The predicted molar refractivity (Wildman–Crippen MR) is 166 cm³/mol. The second kappa shape index (κ2) is 15.1. The molecule has 4 aromatic rings. The van der Waals surface area contributed by atoms with Gasteiger partial charge in [-0.2, -0.15) is 0 Å². The molecule has 230 valence electrons. The van der Waals surface area contributed by atoms with E-state index >= 15 is 0 Å². The summed E-state index contributed by atoms with van der Waals surface area (Å²) in [7, 11) is 0. The minimum Gasteiger partial charge on any atom is -0.508 e. The number of guanidine groups is 1. The Morgan fingerprint density at radius 3 is 2.43 bits per heavy atom. The number of aromatic hydroxyl groups is 1. The van der Waals surface area contributed by atoms with E-state index in [0.717, 1.165) is 17.4 Å². The van der Waals surface area contributed by atoms with E-state index in [0.29, 0.717) is 29.9 Å². The zero-order valence-electron chi connectivity index (χ0n) is 24.1. The van der Waals surface area contributed by atoms with Gasteiger partial charge in [0.15, 0.2) is 5.96 Å². The highest BCUT2D eigenvalue weighted by atomic mass is 16.5. The van der Waals surface area contributed by atoms with Gasteiger partial charge in [-0.05, 0) is 60.4 Å². The maximum Gasteiger partial charge on any atom is 0.322 e. The van der Waals surface area contributed by atoms with Gasteiger partial charge < -0.3 is 41.6 Å². The number of hydrogen-bond acceptors (Lipinski definition) is 6. The zero-order valence-corrected chi connectivity index (χ0v) is 24.1.